The van der Waals surface area contributed by atoms with Crippen LogP contribution in [0.2, 0.25) is 0 Å². The molecule has 1 heterocycles. The van der Waals surface area contributed by atoms with E-state index in [9.17, 15) is 4.79 Å². The highest BCUT2D eigenvalue weighted by atomic mass is 16.5. The zero-order valence-corrected chi connectivity index (χ0v) is 11.4. The lowest BCUT2D eigenvalue weighted by Crippen LogP contribution is -2.53. The molecule has 0 aromatic heterocycles. The van der Waals surface area contributed by atoms with Crippen LogP contribution in [0.5, 0.6) is 0 Å². The molecule has 104 valence electrons. The Bertz CT molecular complexity index is 257. The molecule has 0 aromatic carbocycles. The Hall–Kier alpha value is -0.610. The van der Waals surface area contributed by atoms with Crippen LogP contribution in [-0.4, -0.2) is 37.7 Å². The Balaban J connectivity index is 1.77. The molecule has 4 heteroatoms. The fourth-order valence-corrected chi connectivity index (χ4v) is 2.99. The lowest BCUT2D eigenvalue weighted by Gasteiger charge is -2.28. The summed E-state index contributed by atoms with van der Waals surface area (Å²) in [6.07, 6.45) is 7.86. The molecule has 0 bridgehead atoms. The fourth-order valence-electron chi connectivity index (χ4n) is 2.99. The number of hydrogen-bond donors (Lipinski definition) is 2. The zero-order chi connectivity index (χ0) is 12.8. The third-order valence-corrected chi connectivity index (χ3v) is 4.22. The van der Waals surface area contributed by atoms with Gasteiger partial charge in [-0.05, 0) is 25.7 Å². The van der Waals surface area contributed by atoms with Crippen molar-refractivity contribution in [2.24, 2.45) is 5.92 Å². The highest BCUT2D eigenvalue weighted by Crippen LogP contribution is 2.25. The maximum absolute atomic E-state index is 12.1. The van der Waals surface area contributed by atoms with Gasteiger partial charge in [-0.15, -0.1) is 0 Å². The average Bonchev–Trinajstić information content (AvgIpc) is 2.68. The monoisotopic (exact) mass is 254 g/mol. The zero-order valence-electron chi connectivity index (χ0n) is 11.4. The van der Waals surface area contributed by atoms with Crippen LogP contribution in [0, 0.1) is 5.92 Å². The van der Waals surface area contributed by atoms with Gasteiger partial charge in [-0.2, -0.15) is 0 Å². The Morgan fingerprint density at radius 3 is 2.61 bits per heavy atom. The van der Waals surface area contributed by atoms with Crippen molar-refractivity contribution in [1.29, 1.82) is 0 Å². The van der Waals surface area contributed by atoms with Crippen LogP contribution in [0.15, 0.2) is 0 Å². The van der Waals surface area contributed by atoms with Crippen molar-refractivity contribution in [2.75, 3.05) is 19.8 Å². The summed E-state index contributed by atoms with van der Waals surface area (Å²) in [4.78, 5) is 12.1. The molecule has 2 rings (SSSR count). The van der Waals surface area contributed by atoms with Gasteiger partial charge < -0.3 is 15.4 Å². The van der Waals surface area contributed by atoms with E-state index >= 15 is 0 Å². The molecule has 1 unspecified atom stereocenters. The van der Waals surface area contributed by atoms with E-state index < -0.39 is 0 Å². The highest BCUT2D eigenvalue weighted by Gasteiger charge is 2.25. The minimum absolute atomic E-state index is 0.103. The number of hydrogen-bond acceptors (Lipinski definition) is 3. The second kappa shape index (κ2) is 7.10. The summed E-state index contributed by atoms with van der Waals surface area (Å²) in [5.41, 5.74) is 0. The molecule has 4 nitrogen and oxygen atoms in total. The predicted octanol–water partition coefficient (Wildman–Crippen LogP) is 1.45. The molecule has 2 fully saturated rings. The number of ether oxygens (including phenoxy) is 1. The first-order valence-corrected chi connectivity index (χ1v) is 7.39. The number of rotatable bonds is 3. The van der Waals surface area contributed by atoms with E-state index in [0.29, 0.717) is 25.2 Å². The van der Waals surface area contributed by atoms with E-state index in [1.165, 1.54) is 38.5 Å². The molecular formula is C14H26N2O2. The number of morpholine rings is 1. The van der Waals surface area contributed by atoms with Crippen LogP contribution < -0.4 is 10.6 Å². The van der Waals surface area contributed by atoms with Crippen LogP contribution in [0.4, 0.5) is 0 Å². The Morgan fingerprint density at radius 1 is 1.28 bits per heavy atom. The van der Waals surface area contributed by atoms with Crippen molar-refractivity contribution >= 4 is 5.91 Å². The van der Waals surface area contributed by atoms with Crippen molar-refractivity contribution in [1.82, 2.24) is 10.6 Å². The minimum atomic E-state index is -0.160. The summed E-state index contributed by atoms with van der Waals surface area (Å²) in [7, 11) is 0. The van der Waals surface area contributed by atoms with Crippen molar-refractivity contribution in [3.8, 4) is 0 Å². The van der Waals surface area contributed by atoms with E-state index in [1.807, 2.05) is 0 Å². The summed E-state index contributed by atoms with van der Waals surface area (Å²) in [6.45, 7) is 4.14. The molecular weight excluding hydrogens is 228 g/mol. The Kier molecular flexibility index (Phi) is 5.45. The van der Waals surface area contributed by atoms with Gasteiger partial charge in [-0.25, -0.2) is 0 Å². The van der Waals surface area contributed by atoms with Gasteiger partial charge in [0.2, 0.25) is 5.91 Å². The van der Waals surface area contributed by atoms with Gasteiger partial charge in [-0.1, -0.05) is 25.7 Å². The standard InChI is InChI=1S/C14H26N2O2/c1-11(12-6-4-2-3-5-7-12)16-14(17)13-10-18-9-8-15-13/h11-13,15H,2-10H2,1H3,(H,16,17)/t11-,13?/m0/s1. The van der Waals surface area contributed by atoms with Crippen molar-refractivity contribution in [3.63, 3.8) is 0 Å². The number of carbonyl (C=O) groups is 1. The molecule has 2 N–H and O–H groups in total. The lowest BCUT2D eigenvalue weighted by molar-refractivity contribution is -0.126. The lowest BCUT2D eigenvalue weighted by atomic mass is 9.93. The summed E-state index contributed by atoms with van der Waals surface area (Å²) >= 11 is 0. The number of nitrogens with one attached hydrogen (secondary N) is 2. The van der Waals surface area contributed by atoms with Gasteiger partial charge in [0.25, 0.3) is 0 Å². The van der Waals surface area contributed by atoms with E-state index in [1.54, 1.807) is 0 Å². The van der Waals surface area contributed by atoms with E-state index in [-0.39, 0.29) is 11.9 Å². The van der Waals surface area contributed by atoms with Crippen LogP contribution in [0.25, 0.3) is 0 Å². The van der Waals surface area contributed by atoms with Crippen molar-refractivity contribution < 1.29 is 9.53 Å². The largest absolute Gasteiger partial charge is 0.378 e. The first-order chi connectivity index (χ1) is 8.77. The molecule has 1 saturated carbocycles. The van der Waals surface area contributed by atoms with Crippen LogP contribution in [0.1, 0.15) is 45.4 Å². The highest BCUT2D eigenvalue weighted by molar-refractivity contribution is 5.82. The molecule has 18 heavy (non-hydrogen) atoms. The molecule has 2 aliphatic rings. The maximum atomic E-state index is 12.1. The van der Waals surface area contributed by atoms with Crippen molar-refractivity contribution in [3.05, 3.63) is 0 Å². The number of carbonyl (C=O) groups excluding carboxylic acids is 1. The van der Waals surface area contributed by atoms with Gasteiger partial charge in [0.05, 0.1) is 13.2 Å². The van der Waals surface area contributed by atoms with Crippen LogP contribution in [-0.2, 0) is 9.53 Å². The third-order valence-electron chi connectivity index (χ3n) is 4.22. The van der Waals surface area contributed by atoms with E-state index in [0.717, 1.165) is 6.54 Å². The second-order valence-electron chi connectivity index (χ2n) is 5.63. The first-order valence-electron chi connectivity index (χ1n) is 7.39. The molecule has 0 radical (unpaired) electrons. The summed E-state index contributed by atoms with van der Waals surface area (Å²) in [5, 5.41) is 6.37. The van der Waals surface area contributed by atoms with E-state index in [2.05, 4.69) is 17.6 Å². The SMILES string of the molecule is C[C@H](NC(=O)C1COCCN1)C1CCCCCC1. The van der Waals surface area contributed by atoms with Crippen LogP contribution >= 0.6 is 0 Å². The molecule has 1 amide bonds. The van der Waals surface area contributed by atoms with E-state index in [4.69, 9.17) is 4.74 Å². The molecule has 1 saturated heterocycles. The topological polar surface area (TPSA) is 50.4 Å². The van der Waals surface area contributed by atoms with Crippen molar-refractivity contribution in [2.45, 2.75) is 57.5 Å². The fraction of sp³-hybridized carbons (Fsp3) is 0.929. The number of amides is 1. The summed E-state index contributed by atoms with van der Waals surface area (Å²) in [6, 6.07) is 0.131. The smallest absolute Gasteiger partial charge is 0.239 e. The third kappa shape index (κ3) is 3.95. The minimum Gasteiger partial charge on any atom is -0.378 e. The molecule has 1 aliphatic heterocycles. The average molecular weight is 254 g/mol. The maximum Gasteiger partial charge on any atom is 0.239 e. The quantitative estimate of drug-likeness (QED) is 0.750. The summed E-state index contributed by atoms with van der Waals surface area (Å²) in [5.74, 6) is 0.757. The summed E-state index contributed by atoms with van der Waals surface area (Å²) < 4.78 is 5.33. The second-order valence-corrected chi connectivity index (χ2v) is 5.63. The van der Waals surface area contributed by atoms with Gasteiger partial charge in [0.15, 0.2) is 0 Å². The first kappa shape index (κ1) is 13.8. The van der Waals surface area contributed by atoms with Gasteiger partial charge in [0, 0.05) is 12.6 Å². The Labute approximate surface area is 110 Å². The van der Waals surface area contributed by atoms with Gasteiger partial charge >= 0.3 is 0 Å². The predicted molar refractivity (Wildman–Crippen MR) is 71.4 cm³/mol. The van der Waals surface area contributed by atoms with Crippen LogP contribution in [0.3, 0.4) is 0 Å². The molecule has 2 atom stereocenters. The normalized spacial score (nSPS) is 28.4. The van der Waals surface area contributed by atoms with Gasteiger partial charge in [0.1, 0.15) is 6.04 Å². The molecule has 0 aromatic rings. The molecule has 1 aliphatic carbocycles. The van der Waals surface area contributed by atoms with Gasteiger partial charge in [-0.3, -0.25) is 4.79 Å². The Morgan fingerprint density at radius 2 is 2.00 bits per heavy atom. The molecule has 0 spiro atoms.